The van der Waals surface area contributed by atoms with Crippen molar-refractivity contribution in [1.29, 1.82) is 0 Å². The molecule has 1 fully saturated rings. The van der Waals surface area contributed by atoms with E-state index in [-0.39, 0.29) is 11.2 Å². The SMILES string of the molecule is CCCCCCn1c(CN2CC(C)CC(C)C2)nc2c1c(=O)n(C)c(=O)n2C. The van der Waals surface area contributed by atoms with Crippen molar-refractivity contribution in [3.63, 3.8) is 0 Å². The lowest BCUT2D eigenvalue weighted by molar-refractivity contribution is 0.130. The highest BCUT2D eigenvalue weighted by Crippen LogP contribution is 2.23. The zero-order valence-electron chi connectivity index (χ0n) is 18.1. The van der Waals surface area contributed by atoms with Crippen molar-refractivity contribution < 1.29 is 0 Å². The Morgan fingerprint density at radius 3 is 2.32 bits per heavy atom. The van der Waals surface area contributed by atoms with Gasteiger partial charge >= 0.3 is 5.69 Å². The Morgan fingerprint density at radius 1 is 1.00 bits per heavy atom. The standard InChI is InChI=1S/C21H35N5O2/c1-6-7-8-9-10-26-17(14-25-12-15(2)11-16(3)13-25)22-19-18(26)20(27)24(5)21(28)23(19)4/h15-16H,6-14H2,1-5H3. The van der Waals surface area contributed by atoms with Crippen LogP contribution in [0, 0.1) is 11.8 Å². The minimum Gasteiger partial charge on any atom is -0.321 e. The fourth-order valence-electron chi connectivity index (χ4n) is 4.67. The molecule has 1 saturated heterocycles. The average molecular weight is 390 g/mol. The van der Waals surface area contributed by atoms with Gasteiger partial charge in [0.05, 0.1) is 6.54 Å². The van der Waals surface area contributed by atoms with Gasteiger partial charge in [-0.1, -0.05) is 40.0 Å². The fourth-order valence-corrected chi connectivity index (χ4v) is 4.67. The summed E-state index contributed by atoms with van der Waals surface area (Å²) in [5.41, 5.74) is 0.513. The lowest BCUT2D eigenvalue weighted by atomic mass is 9.92. The number of likely N-dealkylation sites (tertiary alicyclic amines) is 1. The molecule has 28 heavy (non-hydrogen) atoms. The second-order valence-corrected chi connectivity index (χ2v) is 8.76. The van der Waals surface area contributed by atoms with Gasteiger partial charge in [-0.2, -0.15) is 0 Å². The van der Waals surface area contributed by atoms with Gasteiger partial charge in [-0.25, -0.2) is 9.78 Å². The maximum Gasteiger partial charge on any atom is 0.332 e. The van der Waals surface area contributed by atoms with Crippen molar-refractivity contribution in [3.8, 4) is 0 Å². The number of rotatable bonds is 7. The Labute approximate surface area is 167 Å². The van der Waals surface area contributed by atoms with E-state index in [2.05, 4.69) is 30.2 Å². The molecule has 0 aromatic carbocycles. The van der Waals surface area contributed by atoms with Crippen molar-refractivity contribution in [2.45, 2.75) is 66.0 Å². The maximum atomic E-state index is 12.9. The van der Waals surface area contributed by atoms with Crippen LogP contribution in [0.4, 0.5) is 0 Å². The van der Waals surface area contributed by atoms with E-state index < -0.39 is 0 Å². The van der Waals surface area contributed by atoms with Crippen LogP contribution >= 0.6 is 0 Å². The third-order valence-corrected chi connectivity index (χ3v) is 5.97. The Balaban J connectivity index is 2.02. The van der Waals surface area contributed by atoms with Gasteiger partial charge in [0.25, 0.3) is 5.56 Å². The Morgan fingerprint density at radius 2 is 1.68 bits per heavy atom. The molecule has 0 bridgehead atoms. The molecule has 7 heteroatoms. The highest BCUT2D eigenvalue weighted by atomic mass is 16.2. The summed E-state index contributed by atoms with van der Waals surface area (Å²) in [7, 11) is 3.25. The lowest BCUT2D eigenvalue weighted by Crippen LogP contribution is -2.39. The minimum atomic E-state index is -0.320. The Bertz CT molecular complexity index is 929. The first-order valence-corrected chi connectivity index (χ1v) is 10.7. The van der Waals surface area contributed by atoms with E-state index in [4.69, 9.17) is 4.98 Å². The molecule has 0 spiro atoms. The molecule has 156 valence electrons. The van der Waals surface area contributed by atoms with Gasteiger partial charge in [-0.15, -0.1) is 0 Å². The van der Waals surface area contributed by atoms with E-state index in [1.807, 2.05) is 0 Å². The number of nitrogens with zero attached hydrogens (tertiary/aromatic N) is 5. The van der Waals surface area contributed by atoms with E-state index in [0.717, 1.165) is 44.8 Å². The van der Waals surface area contributed by atoms with Crippen LogP contribution in [-0.4, -0.2) is 36.7 Å². The van der Waals surface area contributed by atoms with Crippen LogP contribution in [0.1, 0.15) is 58.7 Å². The summed E-state index contributed by atoms with van der Waals surface area (Å²) in [5.74, 6) is 2.25. The van der Waals surface area contributed by atoms with Crippen LogP contribution in [0.2, 0.25) is 0 Å². The molecule has 1 aliphatic heterocycles. The van der Waals surface area contributed by atoms with Crippen molar-refractivity contribution in [3.05, 3.63) is 26.7 Å². The number of hydrogen-bond acceptors (Lipinski definition) is 4. The van der Waals surface area contributed by atoms with Gasteiger partial charge in [0.15, 0.2) is 11.2 Å². The summed E-state index contributed by atoms with van der Waals surface area (Å²) in [4.78, 5) is 32.5. The summed E-state index contributed by atoms with van der Waals surface area (Å²) in [6.45, 7) is 10.4. The largest absolute Gasteiger partial charge is 0.332 e. The highest BCUT2D eigenvalue weighted by molar-refractivity contribution is 5.71. The van der Waals surface area contributed by atoms with Crippen molar-refractivity contribution in [2.75, 3.05) is 13.1 Å². The monoisotopic (exact) mass is 389 g/mol. The number of imidazole rings is 1. The van der Waals surface area contributed by atoms with E-state index >= 15 is 0 Å². The van der Waals surface area contributed by atoms with E-state index in [9.17, 15) is 9.59 Å². The minimum absolute atomic E-state index is 0.243. The first-order chi connectivity index (χ1) is 13.3. The van der Waals surface area contributed by atoms with Gasteiger partial charge < -0.3 is 4.57 Å². The number of hydrogen-bond donors (Lipinski definition) is 0. The molecule has 3 heterocycles. The molecule has 3 rings (SSSR count). The third-order valence-electron chi connectivity index (χ3n) is 5.97. The molecule has 2 atom stereocenters. The van der Waals surface area contributed by atoms with Crippen LogP contribution in [0.5, 0.6) is 0 Å². The smallest absolute Gasteiger partial charge is 0.321 e. The summed E-state index contributed by atoms with van der Waals surface area (Å²) in [5, 5.41) is 0. The Kier molecular flexibility index (Phi) is 6.43. The van der Waals surface area contributed by atoms with Crippen LogP contribution < -0.4 is 11.2 Å². The van der Waals surface area contributed by atoms with Crippen LogP contribution in [0.25, 0.3) is 11.2 Å². The van der Waals surface area contributed by atoms with Gasteiger partial charge in [0.2, 0.25) is 0 Å². The van der Waals surface area contributed by atoms with Crippen LogP contribution in [0.15, 0.2) is 9.59 Å². The number of fused-ring (bicyclic) bond motifs is 1. The predicted octanol–water partition coefficient (Wildman–Crippen LogP) is 2.49. The van der Waals surface area contributed by atoms with Crippen molar-refractivity contribution in [1.82, 2.24) is 23.6 Å². The normalized spacial score (nSPS) is 20.9. The topological polar surface area (TPSA) is 65.1 Å². The van der Waals surface area contributed by atoms with Crippen molar-refractivity contribution >= 4 is 11.2 Å². The second kappa shape index (κ2) is 8.64. The molecule has 0 saturated carbocycles. The van der Waals surface area contributed by atoms with E-state index in [1.165, 1.54) is 28.4 Å². The zero-order valence-corrected chi connectivity index (χ0v) is 18.1. The maximum absolute atomic E-state index is 12.9. The first kappa shape index (κ1) is 20.8. The average Bonchev–Trinajstić information content (AvgIpc) is 2.99. The van der Waals surface area contributed by atoms with E-state index in [1.54, 1.807) is 14.1 Å². The zero-order chi connectivity index (χ0) is 20.4. The number of unbranched alkanes of at least 4 members (excludes halogenated alkanes) is 3. The number of aromatic nitrogens is 4. The van der Waals surface area contributed by atoms with Gasteiger partial charge in [0, 0.05) is 33.7 Å². The fraction of sp³-hybridized carbons (Fsp3) is 0.762. The molecule has 2 aromatic heterocycles. The summed E-state index contributed by atoms with van der Waals surface area (Å²) in [6, 6.07) is 0. The molecular formula is C21H35N5O2. The molecule has 2 unspecified atom stereocenters. The molecule has 0 amide bonds. The van der Waals surface area contributed by atoms with Crippen molar-refractivity contribution in [2.24, 2.45) is 25.9 Å². The van der Waals surface area contributed by atoms with Gasteiger partial charge in [-0.05, 0) is 24.7 Å². The lowest BCUT2D eigenvalue weighted by Gasteiger charge is -2.34. The molecule has 0 N–H and O–H groups in total. The van der Waals surface area contributed by atoms with Crippen LogP contribution in [-0.2, 0) is 27.2 Å². The highest BCUT2D eigenvalue weighted by Gasteiger charge is 2.25. The summed E-state index contributed by atoms with van der Waals surface area (Å²) < 4.78 is 4.78. The van der Waals surface area contributed by atoms with Gasteiger partial charge in [-0.3, -0.25) is 18.8 Å². The number of piperidine rings is 1. The van der Waals surface area contributed by atoms with E-state index in [0.29, 0.717) is 23.0 Å². The molecule has 2 aromatic rings. The predicted molar refractivity (Wildman–Crippen MR) is 113 cm³/mol. The summed E-state index contributed by atoms with van der Waals surface area (Å²) in [6.07, 6.45) is 5.79. The quantitative estimate of drug-likeness (QED) is 0.683. The Hall–Kier alpha value is -1.89. The first-order valence-electron chi connectivity index (χ1n) is 10.7. The molecule has 0 aliphatic carbocycles. The second-order valence-electron chi connectivity index (χ2n) is 8.76. The summed E-state index contributed by atoms with van der Waals surface area (Å²) >= 11 is 0. The van der Waals surface area contributed by atoms with Gasteiger partial charge in [0.1, 0.15) is 5.82 Å². The number of aryl methyl sites for hydroxylation is 2. The molecule has 1 aliphatic rings. The van der Waals surface area contributed by atoms with Crippen LogP contribution in [0.3, 0.4) is 0 Å². The molecule has 0 radical (unpaired) electrons. The molecular weight excluding hydrogens is 354 g/mol. The third kappa shape index (κ3) is 4.09. The molecule has 7 nitrogen and oxygen atoms in total.